The van der Waals surface area contributed by atoms with Gasteiger partial charge in [-0.05, 0) is 26.7 Å². The van der Waals surface area contributed by atoms with Crippen molar-refractivity contribution in [3.8, 4) is 0 Å². The van der Waals surface area contributed by atoms with Crippen LogP contribution in [0.25, 0.3) is 0 Å². The number of ether oxygens (including phenoxy) is 1. The van der Waals surface area contributed by atoms with Gasteiger partial charge in [-0.3, -0.25) is 0 Å². The summed E-state index contributed by atoms with van der Waals surface area (Å²) in [7, 11) is 0. The molecule has 66 valence electrons. The molecule has 1 nitrogen and oxygen atoms in total. The second-order valence-corrected chi connectivity index (χ2v) is 3.45. The predicted molar refractivity (Wildman–Crippen MR) is 34.2 cm³/mol. The zero-order chi connectivity index (χ0) is 8.70. The Morgan fingerprint density at radius 3 is 2.09 bits per heavy atom. The Morgan fingerprint density at radius 1 is 1.36 bits per heavy atom. The highest BCUT2D eigenvalue weighted by atomic mass is 19.4. The van der Waals surface area contributed by atoms with E-state index in [2.05, 4.69) is 0 Å². The normalized spacial score (nSPS) is 30.8. The molecule has 1 rings (SSSR count). The fraction of sp³-hybridized carbons (Fsp3) is 1.00. The molecule has 1 aliphatic rings. The largest absolute Gasteiger partial charge is 0.414 e. The van der Waals surface area contributed by atoms with Gasteiger partial charge >= 0.3 is 6.18 Å². The molecule has 0 bridgehead atoms. The van der Waals surface area contributed by atoms with Gasteiger partial charge in [0.05, 0.1) is 5.60 Å². The van der Waals surface area contributed by atoms with Crippen LogP contribution < -0.4 is 0 Å². The zero-order valence-corrected chi connectivity index (χ0v) is 6.53. The van der Waals surface area contributed by atoms with Crippen molar-refractivity contribution in [2.45, 2.75) is 44.6 Å². The van der Waals surface area contributed by atoms with Crippen LogP contribution in [0.2, 0.25) is 0 Å². The lowest BCUT2D eigenvalue weighted by Crippen LogP contribution is -2.31. The summed E-state index contributed by atoms with van der Waals surface area (Å²) in [5.41, 5.74) is -0.597. The molecule has 0 aromatic heterocycles. The summed E-state index contributed by atoms with van der Waals surface area (Å²) in [5, 5.41) is 0. The molecule has 0 saturated carbocycles. The van der Waals surface area contributed by atoms with Crippen molar-refractivity contribution in [1.29, 1.82) is 0 Å². The number of alkyl halides is 3. The minimum atomic E-state index is -4.19. The van der Waals surface area contributed by atoms with Gasteiger partial charge in [0.25, 0.3) is 0 Å². The van der Waals surface area contributed by atoms with Gasteiger partial charge in [-0.15, -0.1) is 0 Å². The van der Waals surface area contributed by atoms with E-state index < -0.39 is 17.9 Å². The standard InChI is InChI=1S/C7H11F3O/c1-6(2)4-3-5(11-6)7(8,9)10/h5H,3-4H2,1-2H3. The van der Waals surface area contributed by atoms with E-state index in [-0.39, 0.29) is 6.42 Å². The average molecular weight is 168 g/mol. The highest BCUT2D eigenvalue weighted by Gasteiger charge is 2.47. The van der Waals surface area contributed by atoms with Crippen molar-refractivity contribution in [3.63, 3.8) is 0 Å². The second kappa shape index (κ2) is 2.37. The SMILES string of the molecule is CC1(C)CCC(C(F)(F)F)O1. The predicted octanol–water partition coefficient (Wildman–Crippen LogP) is 2.51. The summed E-state index contributed by atoms with van der Waals surface area (Å²) in [6.07, 6.45) is -5.15. The van der Waals surface area contributed by atoms with Crippen LogP contribution >= 0.6 is 0 Å². The van der Waals surface area contributed by atoms with E-state index in [1.807, 2.05) is 0 Å². The van der Waals surface area contributed by atoms with Crippen molar-refractivity contribution < 1.29 is 17.9 Å². The molecule has 1 unspecified atom stereocenters. The van der Waals surface area contributed by atoms with Crippen molar-refractivity contribution in [3.05, 3.63) is 0 Å². The molecule has 1 heterocycles. The van der Waals surface area contributed by atoms with Gasteiger partial charge in [0, 0.05) is 0 Å². The number of halogens is 3. The molecule has 0 spiro atoms. The van der Waals surface area contributed by atoms with Crippen molar-refractivity contribution in [2.75, 3.05) is 0 Å². The van der Waals surface area contributed by atoms with Crippen LogP contribution in [0.3, 0.4) is 0 Å². The van der Waals surface area contributed by atoms with E-state index in [0.717, 1.165) is 0 Å². The molecule has 1 fully saturated rings. The molecule has 0 N–H and O–H groups in total. The van der Waals surface area contributed by atoms with E-state index in [9.17, 15) is 13.2 Å². The molecule has 1 atom stereocenters. The first-order valence-electron chi connectivity index (χ1n) is 3.56. The number of hydrogen-bond acceptors (Lipinski definition) is 1. The molecule has 0 aromatic rings. The molecule has 0 amide bonds. The molecule has 0 aromatic carbocycles. The third-order valence-corrected chi connectivity index (χ3v) is 1.83. The summed E-state index contributed by atoms with van der Waals surface area (Å²) >= 11 is 0. The zero-order valence-electron chi connectivity index (χ0n) is 6.53. The second-order valence-electron chi connectivity index (χ2n) is 3.45. The van der Waals surface area contributed by atoms with E-state index in [1.165, 1.54) is 0 Å². The maximum Gasteiger partial charge on any atom is 0.414 e. The highest BCUT2D eigenvalue weighted by molar-refractivity contribution is 4.84. The Balaban J connectivity index is 2.55. The van der Waals surface area contributed by atoms with Gasteiger partial charge in [-0.2, -0.15) is 13.2 Å². The van der Waals surface area contributed by atoms with E-state index in [1.54, 1.807) is 13.8 Å². The highest BCUT2D eigenvalue weighted by Crippen LogP contribution is 2.37. The lowest BCUT2D eigenvalue weighted by molar-refractivity contribution is -0.224. The molecular weight excluding hydrogens is 157 g/mol. The maximum atomic E-state index is 12.0. The number of rotatable bonds is 0. The van der Waals surface area contributed by atoms with Crippen molar-refractivity contribution in [1.82, 2.24) is 0 Å². The Morgan fingerprint density at radius 2 is 1.91 bits per heavy atom. The van der Waals surface area contributed by atoms with Gasteiger partial charge in [0.1, 0.15) is 0 Å². The summed E-state index contributed by atoms with van der Waals surface area (Å²) in [5.74, 6) is 0. The molecule has 0 radical (unpaired) electrons. The molecule has 1 saturated heterocycles. The minimum absolute atomic E-state index is 0.0938. The smallest absolute Gasteiger partial charge is 0.363 e. The van der Waals surface area contributed by atoms with Crippen molar-refractivity contribution >= 4 is 0 Å². The van der Waals surface area contributed by atoms with E-state index in [4.69, 9.17) is 4.74 Å². The van der Waals surface area contributed by atoms with Gasteiger partial charge in [-0.1, -0.05) is 0 Å². The van der Waals surface area contributed by atoms with Crippen molar-refractivity contribution in [2.24, 2.45) is 0 Å². The first-order chi connectivity index (χ1) is 4.81. The summed E-state index contributed by atoms with van der Waals surface area (Å²) in [6, 6.07) is 0. The topological polar surface area (TPSA) is 9.23 Å². The van der Waals surface area contributed by atoms with Gasteiger partial charge in [-0.25, -0.2) is 0 Å². The lowest BCUT2D eigenvalue weighted by Gasteiger charge is -2.20. The summed E-state index contributed by atoms with van der Waals surface area (Å²) in [4.78, 5) is 0. The summed E-state index contributed by atoms with van der Waals surface area (Å²) < 4.78 is 40.7. The molecule has 1 aliphatic heterocycles. The Hall–Kier alpha value is -0.250. The quantitative estimate of drug-likeness (QED) is 0.540. The average Bonchev–Trinajstić information content (AvgIpc) is 2.07. The number of hydrogen-bond donors (Lipinski definition) is 0. The van der Waals surface area contributed by atoms with Gasteiger partial charge in [0.2, 0.25) is 0 Å². The van der Waals surface area contributed by atoms with E-state index >= 15 is 0 Å². The lowest BCUT2D eigenvalue weighted by atomic mass is 10.1. The van der Waals surface area contributed by atoms with Gasteiger partial charge < -0.3 is 4.74 Å². The molecule has 0 aliphatic carbocycles. The van der Waals surface area contributed by atoms with E-state index in [0.29, 0.717) is 6.42 Å². The van der Waals surface area contributed by atoms with Crippen LogP contribution in [-0.4, -0.2) is 17.9 Å². The van der Waals surface area contributed by atoms with Crippen LogP contribution in [0.5, 0.6) is 0 Å². The summed E-state index contributed by atoms with van der Waals surface area (Å²) in [6.45, 7) is 3.36. The fourth-order valence-corrected chi connectivity index (χ4v) is 1.21. The van der Waals surface area contributed by atoms with Crippen LogP contribution in [-0.2, 0) is 4.74 Å². The minimum Gasteiger partial charge on any atom is -0.363 e. The monoisotopic (exact) mass is 168 g/mol. The molecule has 11 heavy (non-hydrogen) atoms. The third kappa shape index (κ3) is 2.09. The Kier molecular flexibility index (Phi) is 1.90. The van der Waals surface area contributed by atoms with Crippen LogP contribution in [0.4, 0.5) is 13.2 Å². The maximum absolute atomic E-state index is 12.0. The van der Waals surface area contributed by atoms with Crippen LogP contribution in [0, 0.1) is 0 Å². The first-order valence-corrected chi connectivity index (χ1v) is 3.56. The first kappa shape index (κ1) is 8.84. The Bertz CT molecular complexity index is 150. The third-order valence-electron chi connectivity index (χ3n) is 1.83. The molecular formula is C7H11F3O. The fourth-order valence-electron chi connectivity index (χ4n) is 1.21. The van der Waals surface area contributed by atoms with Gasteiger partial charge in [0.15, 0.2) is 6.10 Å². The molecule has 4 heteroatoms. The Labute approximate surface area is 63.5 Å². The van der Waals surface area contributed by atoms with Crippen LogP contribution in [0.15, 0.2) is 0 Å². The van der Waals surface area contributed by atoms with Crippen LogP contribution in [0.1, 0.15) is 26.7 Å².